The van der Waals surface area contributed by atoms with Gasteiger partial charge in [-0.3, -0.25) is 4.72 Å². The van der Waals surface area contributed by atoms with E-state index in [0.29, 0.717) is 15.7 Å². The molecule has 0 radical (unpaired) electrons. The zero-order valence-electron chi connectivity index (χ0n) is 11.3. The molecule has 0 fully saturated rings. The van der Waals surface area contributed by atoms with Crippen LogP contribution in [-0.4, -0.2) is 21.5 Å². The first-order chi connectivity index (χ1) is 10.3. The minimum Gasteiger partial charge on any atom is -0.465 e. The van der Waals surface area contributed by atoms with Crippen molar-refractivity contribution >= 4 is 49.2 Å². The van der Waals surface area contributed by atoms with Gasteiger partial charge in [0.15, 0.2) is 0 Å². The zero-order chi connectivity index (χ0) is 16.3. The van der Waals surface area contributed by atoms with Gasteiger partial charge in [0, 0.05) is 10.2 Å². The van der Waals surface area contributed by atoms with Crippen LogP contribution in [-0.2, 0) is 14.8 Å². The number of rotatable bonds is 4. The number of methoxy groups -OCH3 is 1. The smallest absolute Gasteiger partial charge is 0.337 e. The van der Waals surface area contributed by atoms with Crippen LogP contribution in [0.15, 0.2) is 51.8 Å². The second-order valence-electron chi connectivity index (χ2n) is 4.25. The molecule has 0 saturated carbocycles. The van der Waals surface area contributed by atoms with E-state index in [1.807, 2.05) is 0 Å². The third-order valence-electron chi connectivity index (χ3n) is 2.74. The van der Waals surface area contributed by atoms with Crippen molar-refractivity contribution in [3.63, 3.8) is 0 Å². The Morgan fingerprint density at radius 2 is 1.82 bits per heavy atom. The summed E-state index contributed by atoms with van der Waals surface area (Å²) >= 11 is 9.17. The van der Waals surface area contributed by atoms with E-state index in [1.165, 1.54) is 43.5 Å². The predicted octanol–water partition coefficient (Wildman–Crippen LogP) is 3.69. The topological polar surface area (TPSA) is 72.5 Å². The summed E-state index contributed by atoms with van der Waals surface area (Å²) in [6.45, 7) is 0. The molecule has 22 heavy (non-hydrogen) atoms. The van der Waals surface area contributed by atoms with Crippen molar-refractivity contribution in [2.75, 3.05) is 11.8 Å². The largest absolute Gasteiger partial charge is 0.465 e. The number of ether oxygens (including phenoxy) is 1. The number of esters is 1. The van der Waals surface area contributed by atoms with Crippen LogP contribution < -0.4 is 4.72 Å². The average Bonchev–Trinajstić information content (AvgIpc) is 2.46. The monoisotopic (exact) mass is 403 g/mol. The van der Waals surface area contributed by atoms with Crippen molar-refractivity contribution in [2.45, 2.75) is 4.90 Å². The summed E-state index contributed by atoms with van der Waals surface area (Å²) in [4.78, 5) is 11.3. The fourth-order valence-electron chi connectivity index (χ4n) is 1.70. The third kappa shape index (κ3) is 3.79. The Kier molecular flexibility index (Phi) is 5.10. The molecule has 0 aromatic heterocycles. The maximum atomic E-state index is 12.3. The fourth-order valence-corrected chi connectivity index (χ4v) is 3.79. The van der Waals surface area contributed by atoms with Crippen molar-refractivity contribution < 1.29 is 17.9 Å². The summed E-state index contributed by atoms with van der Waals surface area (Å²) in [5, 5.41) is 0.105. The predicted molar refractivity (Wildman–Crippen MR) is 87.7 cm³/mol. The molecule has 0 atom stereocenters. The van der Waals surface area contributed by atoms with Gasteiger partial charge in [-0.05, 0) is 42.5 Å². The van der Waals surface area contributed by atoms with Crippen LogP contribution in [0.2, 0.25) is 5.02 Å². The van der Waals surface area contributed by atoms with Crippen LogP contribution in [0.4, 0.5) is 5.69 Å². The molecule has 2 aromatic rings. The van der Waals surface area contributed by atoms with E-state index < -0.39 is 16.0 Å². The summed E-state index contributed by atoms with van der Waals surface area (Å²) in [5.41, 5.74) is 0.638. The van der Waals surface area contributed by atoms with E-state index in [1.54, 1.807) is 6.07 Å². The Morgan fingerprint density at radius 3 is 2.36 bits per heavy atom. The summed E-state index contributed by atoms with van der Waals surface area (Å²) in [6.07, 6.45) is 0. The maximum Gasteiger partial charge on any atom is 0.337 e. The summed E-state index contributed by atoms with van der Waals surface area (Å²) in [7, 11) is -2.55. The quantitative estimate of drug-likeness (QED) is 0.789. The van der Waals surface area contributed by atoms with Crippen LogP contribution in [0.5, 0.6) is 0 Å². The average molecular weight is 405 g/mol. The second-order valence-corrected chi connectivity index (χ2v) is 7.22. The molecule has 0 heterocycles. The number of carbonyl (C=O) groups is 1. The second kappa shape index (κ2) is 6.68. The minimum atomic E-state index is -3.82. The number of hydrogen-bond donors (Lipinski definition) is 1. The normalized spacial score (nSPS) is 11.0. The number of anilines is 1. The van der Waals surface area contributed by atoms with Gasteiger partial charge >= 0.3 is 5.97 Å². The zero-order valence-corrected chi connectivity index (χ0v) is 14.5. The highest BCUT2D eigenvalue weighted by Gasteiger charge is 2.18. The molecule has 0 aliphatic carbocycles. The van der Waals surface area contributed by atoms with Crippen molar-refractivity contribution in [3.8, 4) is 0 Å². The molecular weight excluding hydrogens is 394 g/mol. The molecule has 0 aliphatic heterocycles. The van der Waals surface area contributed by atoms with E-state index in [-0.39, 0.29) is 9.92 Å². The fraction of sp³-hybridized carbons (Fsp3) is 0.0714. The molecule has 8 heteroatoms. The van der Waals surface area contributed by atoms with Gasteiger partial charge in [0.05, 0.1) is 17.7 Å². The molecule has 5 nitrogen and oxygen atoms in total. The first-order valence-electron chi connectivity index (χ1n) is 6.00. The number of sulfonamides is 1. The van der Waals surface area contributed by atoms with Crippen molar-refractivity contribution in [3.05, 3.63) is 57.5 Å². The van der Waals surface area contributed by atoms with Gasteiger partial charge in [0.1, 0.15) is 4.90 Å². The van der Waals surface area contributed by atoms with E-state index in [9.17, 15) is 13.2 Å². The van der Waals surface area contributed by atoms with E-state index in [4.69, 9.17) is 11.6 Å². The first-order valence-corrected chi connectivity index (χ1v) is 8.65. The van der Waals surface area contributed by atoms with Gasteiger partial charge in [-0.1, -0.05) is 27.5 Å². The highest BCUT2D eigenvalue weighted by molar-refractivity contribution is 9.10. The molecule has 1 N–H and O–H groups in total. The lowest BCUT2D eigenvalue weighted by molar-refractivity contribution is 0.0601. The lowest BCUT2D eigenvalue weighted by Gasteiger charge is -2.10. The minimum absolute atomic E-state index is 0.0330. The number of benzene rings is 2. The molecule has 0 amide bonds. The summed E-state index contributed by atoms with van der Waals surface area (Å²) in [6, 6.07) is 10.3. The van der Waals surface area contributed by atoms with Gasteiger partial charge in [-0.25, -0.2) is 13.2 Å². The molecule has 0 spiro atoms. The Bertz CT molecular complexity index is 806. The van der Waals surface area contributed by atoms with Gasteiger partial charge in [-0.15, -0.1) is 0 Å². The van der Waals surface area contributed by atoms with Crippen LogP contribution in [0.25, 0.3) is 0 Å². The summed E-state index contributed by atoms with van der Waals surface area (Å²) in [5.74, 6) is -0.495. The highest BCUT2D eigenvalue weighted by atomic mass is 79.9. The number of halogens is 2. The SMILES string of the molecule is COC(=O)c1ccc(NS(=O)(=O)c2ccc(Br)cc2Cl)cc1. The number of nitrogens with one attached hydrogen (secondary N) is 1. The maximum absolute atomic E-state index is 12.3. The Hall–Kier alpha value is -1.57. The van der Waals surface area contributed by atoms with Gasteiger partial charge in [-0.2, -0.15) is 0 Å². The lowest BCUT2D eigenvalue weighted by Crippen LogP contribution is -2.13. The van der Waals surface area contributed by atoms with Crippen molar-refractivity contribution in [2.24, 2.45) is 0 Å². The van der Waals surface area contributed by atoms with Crippen LogP contribution in [0.3, 0.4) is 0 Å². The molecule has 116 valence electrons. The number of hydrogen-bond acceptors (Lipinski definition) is 4. The molecule has 2 rings (SSSR count). The Balaban J connectivity index is 2.27. The van der Waals surface area contributed by atoms with Crippen LogP contribution in [0.1, 0.15) is 10.4 Å². The van der Waals surface area contributed by atoms with Crippen molar-refractivity contribution in [1.29, 1.82) is 0 Å². The van der Waals surface area contributed by atoms with Gasteiger partial charge in [0.2, 0.25) is 0 Å². The van der Waals surface area contributed by atoms with E-state index >= 15 is 0 Å². The summed E-state index contributed by atoms with van der Waals surface area (Å²) < 4.78 is 32.3. The molecular formula is C14H11BrClNO4S. The van der Waals surface area contributed by atoms with Crippen LogP contribution in [0, 0.1) is 0 Å². The molecule has 0 unspecified atom stereocenters. The van der Waals surface area contributed by atoms with Gasteiger partial charge in [0.25, 0.3) is 10.0 Å². The third-order valence-corrected chi connectivity index (χ3v) is 5.10. The highest BCUT2D eigenvalue weighted by Crippen LogP contribution is 2.27. The first kappa shape index (κ1) is 16.8. The van der Waals surface area contributed by atoms with Crippen molar-refractivity contribution in [1.82, 2.24) is 0 Å². The molecule has 0 saturated heterocycles. The Labute approximate surface area is 141 Å². The number of carbonyl (C=O) groups excluding carboxylic acids is 1. The lowest BCUT2D eigenvalue weighted by atomic mass is 10.2. The molecule has 2 aromatic carbocycles. The standard InChI is InChI=1S/C14H11BrClNO4S/c1-21-14(18)9-2-5-11(6-3-9)17-22(19,20)13-7-4-10(15)8-12(13)16/h2-8,17H,1H3. The van der Waals surface area contributed by atoms with E-state index in [2.05, 4.69) is 25.4 Å². The van der Waals surface area contributed by atoms with Gasteiger partial charge < -0.3 is 4.74 Å². The molecule has 0 aliphatic rings. The Morgan fingerprint density at radius 1 is 1.18 bits per heavy atom. The van der Waals surface area contributed by atoms with E-state index in [0.717, 1.165) is 0 Å². The molecule has 0 bridgehead atoms. The van der Waals surface area contributed by atoms with Crippen LogP contribution >= 0.6 is 27.5 Å².